The SMILES string of the molecule is [2H]C([2H])([2H])N(CCC[C@@](C#N)(c1ccc(OC)c(OC)c1)C(C)C)CCc1ccc(OC)c(OC)c1. The van der Waals surface area contributed by atoms with Gasteiger partial charge in [0.15, 0.2) is 23.0 Å². The lowest BCUT2D eigenvalue weighted by Gasteiger charge is -2.32. The molecule has 0 aliphatic carbocycles. The summed E-state index contributed by atoms with van der Waals surface area (Å²) < 4.78 is 45.6. The molecular weight excluding hydrogens is 416 g/mol. The van der Waals surface area contributed by atoms with Crippen molar-refractivity contribution in [3.05, 3.63) is 47.5 Å². The number of hydrogen-bond acceptors (Lipinski definition) is 6. The fraction of sp³-hybridized carbons (Fsp3) is 0.519. The number of benzene rings is 2. The van der Waals surface area contributed by atoms with Crippen molar-refractivity contribution in [2.75, 3.05) is 48.5 Å². The largest absolute Gasteiger partial charge is 0.493 e. The fourth-order valence-electron chi connectivity index (χ4n) is 4.09. The normalized spacial score (nSPS) is 14.6. The Kier molecular flexibility index (Phi) is 8.21. The standard InChI is InChI=1S/C27H38N2O4/c1-20(2)27(19-28,22-10-12-24(31-5)26(18-22)33-7)14-8-15-29(3)16-13-21-9-11-23(30-4)25(17-21)32-6/h9-12,17-18,20H,8,13-16H2,1-7H3/t27-/m0/s1/i3D3. The maximum atomic E-state index is 10.3. The van der Waals surface area contributed by atoms with E-state index in [0.29, 0.717) is 55.4 Å². The summed E-state index contributed by atoms with van der Waals surface area (Å²) in [4.78, 5) is 1.50. The summed E-state index contributed by atoms with van der Waals surface area (Å²) in [6.45, 7) is 2.47. The molecule has 0 radical (unpaired) electrons. The third-order valence-electron chi connectivity index (χ3n) is 6.20. The van der Waals surface area contributed by atoms with Gasteiger partial charge in [0.1, 0.15) is 0 Å². The van der Waals surface area contributed by atoms with Gasteiger partial charge in [-0.3, -0.25) is 0 Å². The van der Waals surface area contributed by atoms with Crippen molar-refractivity contribution in [3.8, 4) is 29.1 Å². The van der Waals surface area contributed by atoms with E-state index in [0.717, 1.165) is 11.1 Å². The second-order valence-corrected chi connectivity index (χ2v) is 8.34. The van der Waals surface area contributed by atoms with Gasteiger partial charge in [-0.25, -0.2) is 0 Å². The minimum absolute atomic E-state index is 0.00794. The van der Waals surface area contributed by atoms with Crippen LogP contribution < -0.4 is 18.9 Å². The van der Waals surface area contributed by atoms with Gasteiger partial charge in [0.05, 0.1) is 39.9 Å². The fourth-order valence-corrected chi connectivity index (χ4v) is 4.09. The zero-order chi connectivity index (χ0) is 26.9. The second kappa shape index (κ2) is 12.4. The predicted octanol–water partition coefficient (Wildman–Crippen LogP) is 5.09. The maximum absolute atomic E-state index is 10.3. The molecule has 2 aromatic carbocycles. The molecule has 6 nitrogen and oxygen atoms in total. The summed E-state index contributed by atoms with van der Waals surface area (Å²) >= 11 is 0. The number of nitrogens with zero attached hydrogens (tertiary/aromatic N) is 2. The van der Waals surface area contributed by atoms with E-state index in [4.69, 9.17) is 23.1 Å². The highest BCUT2D eigenvalue weighted by atomic mass is 16.5. The van der Waals surface area contributed by atoms with Crippen LogP contribution in [0.1, 0.15) is 41.9 Å². The van der Waals surface area contributed by atoms with Crippen LogP contribution in [0, 0.1) is 17.2 Å². The van der Waals surface area contributed by atoms with Gasteiger partial charge in [-0.15, -0.1) is 0 Å². The van der Waals surface area contributed by atoms with Gasteiger partial charge in [-0.05, 0) is 74.1 Å². The summed E-state index contributed by atoms with van der Waals surface area (Å²) in [5, 5.41) is 10.3. The van der Waals surface area contributed by atoms with Crippen molar-refractivity contribution in [3.63, 3.8) is 0 Å². The lowest BCUT2D eigenvalue weighted by atomic mass is 9.69. The average Bonchev–Trinajstić information content (AvgIpc) is 2.86. The molecule has 0 fully saturated rings. The Bertz CT molecular complexity index is 1040. The molecule has 0 aromatic heterocycles. The summed E-state index contributed by atoms with van der Waals surface area (Å²) in [6, 6.07) is 13.7. The highest BCUT2D eigenvalue weighted by Gasteiger charge is 2.36. The Morgan fingerprint density at radius 1 is 0.909 bits per heavy atom. The van der Waals surface area contributed by atoms with E-state index >= 15 is 0 Å². The third-order valence-corrected chi connectivity index (χ3v) is 6.20. The minimum Gasteiger partial charge on any atom is -0.493 e. The highest BCUT2D eigenvalue weighted by Crippen LogP contribution is 2.40. The van der Waals surface area contributed by atoms with Crippen LogP contribution in [0.5, 0.6) is 23.0 Å². The highest BCUT2D eigenvalue weighted by molar-refractivity contribution is 5.47. The molecule has 0 N–H and O–H groups in total. The molecular formula is C27H38N2O4. The Morgan fingerprint density at radius 3 is 2.06 bits per heavy atom. The maximum Gasteiger partial charge on any atom is 0.161 e. The topological polar surface area (TPSA) is 64.0 Å². The predicted molar refractivity (Wildman–Crippen MR) is 132 cm³/mol. The summed E-state index contributed by atoms with van der Waals surface area (Å²) in [5.74, 6) is 2.41. The van der Waals surface area contributed by atoms with E-state index < -0.39 is 12.4 Å². The van der Waals surface area contributed by atoms with Crippen molar-refractivity contribution in [1.82, 2.24) is 4.90 Å². The van der Waals surface area contributed by atoms with Crippen molar-refractivity contribution < 1.29 is 23.1 Å². The molecule has 0 amide bonds. The van der Waals surface area contributed by atoms with Gasteiger partial charge < -0.3 is 23.8 Å². The molecule has 0 unspecified atom stereocenters. The first-order chi connectivity index (χ1) is 17.1. The van der Waals surface area contributed by atoms with Crippen LogP contribution in [0.25, 0.3) is 0 Å². The van der Waals surface area contributed by atoms with Gasteiger partial charge in [0.2, 0.25) is 0 Å². The van der Waals surface area contributed by atoms with Gasteiger partial charge in [-0.1, -0.05) is 26.0 Å². The first kappa shape index (κ1) is 21.9. The average molecular weight is 458 g/mol. The molecule has 2 rings (SSSR count). The number of rotatable bonds is 13. The van der Waals surface area contributed by atoms with Crippen LogP contribution in [0.4, 0.5) is 0 Å². The number of likely N-dealkylation sites (N-methyl/N-ethyl adjacent to an activating group) is 1. The first-order valence-electron chi connectivity index (χ1n) is 12.7. The van der Waals surface area contributed by atoms with Crippen LogP contribution in [0.15, 0.2) is 36.4 Å². The monoisotopic (exact) mass is 457 g/mol. The molecule has 33 heavy (non-hydrogen) atoms. The second-order valence-electron chi connectivity index (χ2n) is 8.34. The van der Waals surface area contributed by atoms with Gasteiger partial charge in [-0.2, -0.15) is 5.26 Å². The molecule has 0 saturated carbocycles. The van der Waals surface area contributed by atoms with E-state index in [-0.39, 0.29) is 5.92 Å². The smallest absolute Gasteiger partial charge is 0.161 e. The molecule has 1 atom stereocenters. The summed E-state index contributed by atoms with van der Waals surface area (Å²) in [7, 11) is 6.29. The minimum atomic E-state index is -2.24. The van der Waals surface area contributed by atoms with Crippen molar-refractivity contribution in [1.29, 1.82) is 5.26 Å². The number of hydrogen-bond donors (Lipinski definition) is 0. The number of methoxy groups -OCH3 is 4. The van der Waals surface area contributed by atoms with E-state index in [1.807, 2.05) is 44.2 Å². The zero-order valence-electron chi connectivity index (χ0n) is 23.6. The van der Waals surface area contributed by atoms with Gasteiger partial charge in [0, 0.05) is 10.7 Å². The molecule has 0 aliphatic heterocycles. The molecule has 0 saturated heterocycles. The molecule has 0 aliphatic rings. The van der Waals surface area contributed by atoms with E-state index in [9.17, 15) is 5.26 Å². The van der Waals surface area contributed by atoms with Crippen molar-refractivity contribution >= 4 is 0 Å². The lowest BCUT2D eigenvalue weighted by molar-refractivity contribution is 0.292. The first-order valence-corrected chi connectivity index (χ1v) is 11.2. The lowest BCUT2D eigenvalue weighted by Crippen LogP contribution is -2.32. The molecule has 0 bridgehead atoms. The van der Waals surface area contributed by atoms with Crippen LogP contribution in [0.3, 0.4) is 0 Å². The van der Waals surface area contributed by atoms with E-state index in [1.165, 1.54) is 4.90 Å². The van der Waals surface area contributed by atoms with Crippen LogP contribution in [0.2, 0.25) is 0 Å². The van der Waals surface area contributed by atoms with E-state index in [1.54, 1.807) is 34.5 Å². The summed E-state index contributed by atoms with van der Waals surface area (Å²) in [5.41, 5.74) is 1.01. The van der Waals surface area contributed by atoms with E-state index in [2.05, 4.69) is 6.07 Å². The van der Waals surface area contributed by atoms with Crippen LogP contribution >= 0.6 is 0 Å². The number of nitriles is 1. The Morgan fingerprint density at radius 2 is 1.52 bits per heavy atom. The Balaban J connectivity index is 2.18. The molecule has 0 spiro atoms. The Labute approximate surface area is 203 Å². The van der Waals surface area contributed by atoms with Crippen LogP contribution in [-0.4, -0.2) is 53.4 Å². The molecule has 180 valence electrons. The summed E-state index contributed by atoms with van der Waals surface area (Å²) in [6.07, 6.45) is 1.60. The van der Waals surface area contributed by atoms with Crippen LogP contribution in [-0.2, 0) is 11.8 Å². The zero-order valence-corrected chi connectivity index (χ0v) is 20.6. The van der Waals surface area contributed by atoms with Crippen molar-refractivity contribution in [2.45, 2.75) is 38.5 Å². The Hall–Kier alpha value is -2.91. The molecule has 2 aromatic rings. The quantitative estimate of drug-likeness (QED) is 0.417. The van der Waals surface area contributed by atoms with Crippen molar-refractivity contribution in [2.24, 2.45) is 5.92 Å². The van der Waals surface area contributed by atoms with Gasteiger partial charge in [0.25, 0.3) is 0 Å². The molecule has 0 heterocycles. The van der Waals surface area contributed by atoms with Gasteiger partial charge >= 0.3 is 0 Å². The third kappa shape index (κ3) is 6.33. The molecule has 6 heteroatoms. The number of ether oxygens (including phenoxy) is 4.